The van der Waals surface area contributed by atoms with Gasteiger partial charge in [0.1, 0.15) is 18.8 Å². The second kappa shape index (κ2) is 21.6. The van der Waals surface area contributed by atoms with Crippen LogP contribution in [0.1, 0.15) is 130 Å². The average Bonchev–Trinajstić information content (AvgIpc) is 3.63. The lowest BCUT2D eigenvalue weighted by molar-refractivity contribution is -0.722. The van der Waals surface area contributed by atoms with Crippen LogP contribution in [0.4, 0.5) is 4.79 Å². The predicted octanol–water partition coefficient (Wildman–Crippen LogP) is 7.87. The van der Waals surface area contributed by atoms with Gasteiger partial charge in [-0.2, -0.15) is 4.57 Å². The first-order chi connectivity index (χ1) is 19.9. The fraction of sp³-hybridized carbons (Fsp3) is 0.867. The fourth-order valence-corrected chi connectivity index (χ4v) is 6.93. The fourth-order valence-electron chi connectivity index (χ4n) is 5.38. The molecule has 9 nitrogen and oxygen atoms in total. The van der Waals surface area contributed by atoms with Gasteiger partial charge in [0, 0.05) is 12.5 Å². The van der Waals surface area contributed by atoms with E-state index in [1.54, 1.807) is 18.3 Å². The Bertz CT molecular complexity index is 845. The molecule has 41 heavy (non-hydrogen) atoms. The molecule has 5 unspecified atom stereocenters. The molecule has 2 heterocycles. The summed E-state index contributed by atoms with van der Waals surface area (Å²) in [6, 6.07) is -0.123. The van der Waals surface area contributed by atoms with Crippen molar-refractivity contribution in [1.82, 2.24) is 5.32 Å². The zero-order chi connectivity index (χ0) is 29.8. The van der Waals surface area contributed by atoms with Crippen molar-refractivity contribution in [3.8, 4) is 0 Å². The third-order valence-corrected chi connectivity index (χ3v) is 9.41. The molecule has 0 aromatic carbocycles. The molecule has 2 N–H and O–H groups in total. The number of nitrogens with zero attached hydrogens (tertiary/aromatic N) is 1. The highest BCUT2D eigenvalue weighted by molar-refractivity contribution is 7.47. The molecule has 1 fully saturated rings. The van der Waals surface area contributed by atoms with Crippen molar-refractivity contribution in [2.75, 3.05) is 19.8 Å². The number of hydrogen-bond donors (Lipinski definition) is 2. The van der Waals surface area contributed by atoms with Crippen LogP contribution in [-0.4, -0.2) is 49.1 Å². The molecular formula is C30H56N2O7PS+. The highest BCUT2D eigenvalue weighted by Crippen LogP contribution is 2.46. The molecule has 1 aliphatic rings. The first kappa shape index (κ1) is 36.2. The number of aromatic nitrogens is 1. The van der Waals surface area contributed by atoms with Crippen LogP contribution < -0.4 is 9.88 Å². The van der Waals surface area contributed by atoms with Crippen molar-refractivity contribution in [2.45, 2.75) is 148 Å². The van der Waals surface area contributed by atoms with Gasteiger partial charge < -0.3 is 19.7 Å². The lowest BCUT2D eigenvalue weighted by Crippen LogP contribution is -2.48. The van der Waals surface area contributed by atoms with Crippen LogP contribution in [0.25, 0.3) is 0 Å². The Morgan fingerprint density at radius 1 is 1.05 bits per heavy atom. The molecule has 0 bridgehead atoms. The Morgan fingerprint density at radius 2 is 1.66 bits per heavy atom. The van der Waals surface area contributed by atoms with E-state index in [-0.39, 0.29) is 25.3 Å². The van der Waals surface area contributed by atoms with Crippen LogP contribution in [0.3, 0.4) is 0 Å². The molecule has 11 heteroatoms. The maximum absolute atomic E-state index is 12.5. The minimum absolute atomic E-state index is 0.0207. The van der Waals surface area contributed by atoms with Crippen molar-refractivity contribution in [3.63, 3.8) is 0 Å². The van der Waals surface area contributed by atoms with Gasteiger partial charge in [0.25, 0.3) is 0 Å². The molecule has 0 saturated carbocycles. The summed E-state index contributed by atoms with van der Waals surface area (Å²) in [6.45, 7) is 6.12. The molecule has 1 aliphatic heterocycles. The van der Waals surface area contributed by atoms with Gasteiger partial charge in [-0.1, -0.05) is 108 Å². The maximum atomic E-state index is 12.5. The highest BCUT2D eigenvalue weighted by atomic mass is 32.1. The quantitative estimate of drug-likeness (QED) is 0.0689. The molecular weight excluding hydrogens is 563 g/mol. The van der Waals surface area contributed by atoms with Crippen LogP contribution in [0, 0.1) is 0 Å². The normalized spacial score (nSPS) is 20.0. The molecule has 1 aromatic heterocycles. The molecule has 1 aromatic rings. The molecule has 0 aliphatic carbocycles. The molecule has 0 spiro atoms. The highest BCUT2D eigenvalue weighted by Gasteiger charge is 2.45. The Balaban J connectivity index is 1.62. The first-order valence-corrected chi connectivity index (χ1v) is 18.4. The monoisotopic (exact) mass is 619 g/mol. The van der Waals surface area contributed by atoms with E-state index in [4.69, 9.17) is 18.5 Å². The number of hydrogen-bond acceptors (Lipinski definition) is 7. The van der Waals surface area contributed by atoms with Gasteiger partial charge in [-0.25, -0.2) is 9.36 Å². The van der Waals surface area contributed by atoms with E-state index in [2.05, 4.69) is 12.2 Å². The second-order valence-corrected chi connectivity index (χ2v) is 13.4. The Labute approximate surface area is 252 Å². The zero-order valence-electron chi connectivity index (χ0n) is 25.7. The number of amides is 1. The number of phosphoric ester groups is 1. The number of ether oxygens (including phenoxy) is 2. The van der Waals surface area contributed by atoms with Crippen molar-refractivity contribution >= 4 is 25.3 Å². The van der Waals surface area contributed by atoms with Gasteiger partial charge in [-0.3, -0.25) is 9.05 Å². The van der Waals surface area contributed by atoms with Crippen LogP contribution in [0.15, 0.2) is 17.1 Å². The number of rotatable bonds is 24. The van der Waals surface area contributed by atoms with Crippen molar-refractivity contribution in [1.29, 1.82) is 0 Å². The number of thiazole rings is 1. The Kier molecular flexibility index (Phi) is 19.1. The predicted molar refractivity (Wildman–Crippen MR) is 163 cm³/mol. The largest absolute Gasteiger partial charge is 0.472 e. The van der Waals surface area contributed by atoms with Gasteiger partial charge >= 0.3 is 13.9 Å². The average molecular weight is 620 g/mol. The van der Waals surface area contributed by atoms with Crippen LogP contribution in [-0.2, 0) is 23.1 Å². The third kappa shape index (κ3) is 15.8. The van der Waals surface area contributed by atoms with E-state index in [1.807, 2.05) is 28.6 Å². The van der Waals surface area contributed by atoms with E-state index in [1.165, 1.54) is 77.0 Å². The number of alkyl carbamates (subject to hydrolysis) is 1. The summed E-state index contributed by atoms with van der Waals surface area (Å²) in [5.41, 5.74) is 1.96. The van der Waals surface area contributed by atoms with Crippen LogP contribution in [0.2, 0.25) is 0 Å². The third-order valence-electron chi connectivity index (χ3n) is 7.64. The lowest BCUT2D eigenvalue weighted by atomic mass is 10.0. The molecule has 1 saturated heterocycles. The molecule has 0 radical (unpaired) electrons. The summed E-state index contributed by atoms with van der Waals surface area (Å²) >= 11 is 1.55. The molecule has 2 rings (SSSR count). The Morgan fingerprint density at radius 3 is 2.22 bits per heavy atom. The maximum Gasteiger partial charge on any atom is 0.472 e. The number of nitrogens with one attached hydrogen (secondary N) is 1. The lowest BCUT2D eigenvalue weighted by Gasteiger charge is -2.26. The van der Waals surface area contributed by atoms with Gasteiger partial charge in [-0.05, 0) is 20.3 Å². The molecule has 1 amide bonds. The van der Waals surface area contributed by atoms with Crippen LogP contribution >= 0.6 is 19.2 Å². The minimum atomic E-state index is -4.33. The second-order valence-electron chi connectivity index (χ2n) is 11.2. The van der Waals surface area contributed by atoms with Crippen LogP contribution in [0.5, 0.6) is 0 Å². The van der Waals surface area contributed by atoms with E-state index in [9.17, 15) is 14.3 Å². The summed E-state index contributed by atoms with van der Waals surface area (Å²) in [5, 5.41) is 4.83. The van der Waals surface area contributed by atoms with E-state index in [0.29, 0.717) is 6.61 Å². The molecule has 238 valence electrons. The van der Waals surface area contributed by atoms with Gasteiger partial charge in [0.05, 0.1) is 18.6 Å². The summed E-state index contributed by atoms with van der Waals surface area (Å²) in [7, 11) is -4.33. The zero-order valence-corrected chi connectivity index (χ0v) is 27.4. The number of carbonyl (C=O) groups is 1. The number of phosphoric acid groups is 1. The van der Waals surface area contributed by atoms with Crippen molar-refractivity contribution < 1.29 is 37.3 Å². The van der Waals surface area contributed by atoms with Gasteiger partial charge in [-0.15, -0.1) is 0 Å². The van der Waals surface area contributed by atoms with E-state index in [0.717, 1.165) is 25.7 Å². The van der Waals surface area contributed by atoms with Gasteiger partial charge in [0.15, 0.2) is 12.2 Å². The molecule has 5 atom stereocenters. The topological polar surface area (TPSA) is 107 Å². The van der Waals surface area contributed by atoms with Crippen molar-refractivity contribution in [2.24, 2.45) is 0 Å². The van der Waals surface area contributed by atoms with E-state index < -0.39 is 26.1 Å². The summed E-state index contributed by atoms with van der Waals surface area (Å²) in [6.07, 6.45) is 19.9. The number of carbonyl (C=O) groups excluding carboxylic acids is 1. The van der Waals surface area contributed by atoms with Crippen molar-refractivity contribution in [3.05, 3.63) is 17.1 Å². The summed E-state index contributed by atoms with van der Waals surface area (Å²) in [4.78, 5) is 22.6. The Hall–Kier alpha value is -1.03. The minimum Gasteiger partial charge on any atom is -0.447 e. The smallest absolute Gasteiger partial charge is 0.447 e. The van der Waals surface area contributed by atoms with E-state index >= 15 is 0 Å². The number of unbranched alkanes of at least 4 members (excludes halogenated alkanes) is 13. The standard InChI is InChI=1S/C30H55N2O7PS/c1-4-6-7-8-9-10-11-12-13-14-15-16-17-18-19-26(3)31-30(33)37-24-28(39-40(34,35)38-5-2)29-27(20-22-36-29)32-21-23-41-25-32/h21,23,25-29H,4-20,22,24H2,1-3H3,(H-,31,33,34,35)/p+1. The summed E-state index contributed by atoms with van der Waals surface area (Å²) in [5.74, 6) is 0. The first-order valence-electron chi connectivity index (χ1n) is 16.0. The van der Waals surface area contributed by atoms with Gasteiger partial charge in [0.2, 0.25) is 5.51 Å². The summed E-state index contributed by atoms with van der Waals surface area (Å²) < 4.78 is 36.1. The SMILES string of the molecule is CCCCCCCCCCCCCCCCC(C)NC(=O)OCC(OP(=O)(O)OCC)C1OCCC1[n+]1ccsc1.